The number of Topliss-reactive ketones (excluding diaryl/α,β-unsaturated/α-hetero) is 1. The number of alkyl halides is 2. The van der Waals surface area contributed by atoms with Crippen LogP contribution in [0.3, 0.4) is 0 Å². The third kappa shape index (κ3) is 28.4. The zero-order chi connectivity index (χ0) is 58.0. The SMILES string of the molecule is C.CC(C)CBr.CCOC(=O)C(Cl)C(C)=O.CCOC(=O)c1[se]c(-c2ccc(O)c(C)c2)nc1C.Cc1cc(-c2nc(C)c(C(=O)O)[se]2)ccc1OCC(C)C.Cc1cc(C#N)ccc1O.Cc1cc(C(=N)[Se])ccc1O.[B].[Se]. The number of hydrogen-bond donors (Lipinski definition) is 5. The number of nitrogens with zero attached hydrogens (tertiary/aromatic N) is 3. The molecule has 79 heavy (non-hydrogen) atoms. The van der Waals surface area contributed by atoms with Crippen LogP contribution in [0.4, 0.5) is 0 Å². The monoisotopic (exact) mass is 1430 g/mol. The Bertz CT molecular complexity index is 2950. The Balaban J connectivity index is -0.000000915. The van der Waals surface area contributed by atoms with Crippen molar-refractivity contribution in [2.45, 2.75) is 103 Å². The molecular weight excluding hydrogens is 1360 g/mol. The van der Waals surface area contributed by atoms with E-state index in [0.717, 1.165) is 70.8 Å². The standard InChI is InChI=1S/C16H19NO3Se.C14H15NO3Se.C8H8NOSe.C8H7NO.C6H9ClO3.C4H9Br.CH4.B.Se/c1-9(2)8-20-13-6-5-12(7-10(13)3)15-17-11(4)14(21-15)16(18)19;1-4-18-14(17)12-9(3)15-13(19-12)10-5-6-11(16)8(2)7-10;1-5-4-6(8(9)11)2-3-7(5)10;1-6-4-7(5-9)2-3-8(6)10;1-3-10-6(9)5(7)4(2)8;1-4(2)3-5;;;/h5-7,9H,8H2,1-4H3,(H,18,19);5-7,16H,4H2,1-3H3;2-4,9-10H,1H3;2-4,10H,1H3;5H,3H2,1-2H3;4H,3H2,1-2H3;1H4;;. The molecule has 6 radical (unpaired) electrons. The molecule has 0 amide bonds. The van der Waals surface area contributed by atoms with Crippen molar-refractivity contribution in [3.05, 3.63) is 126 Å². The number of ether oxygens (including phenoxy) is 3. The van der Waals surface area contributed by atoms with Gasteiger partial charge in [-0.25, -0.2) is 4.79 Å². The van der Waals surface area contributed by atoms with Gasteiger partial charge in [-0.1, -0.05) is 37.2 Å². The van der Waals surface area contributed by atoms with Crippen molar-refractivity contribution in [2.75, 3.05) is 25.2 Å². The summed E-state index contributed by atoms with van der Waals surface area (Å²) in [5, 5.41) is 52.5. The summed E-state index contributed by atoms with van der Waals surface area (Å²) in [6, 6.07) is 23.1. The van der Waals surface area contributed by atoms with Crippen molar-refractivity contribution in [3.8, 4) is 49.3 Å². The van der Waals surface area contributed by atoms with Crippen molar-refractivity contribution in [1.29, 1.82) is 10.7 Å². The maximum atomic E-state index is 11.8. The number of benzene rings is 4. The molecule has 0 aliphatic heterocycles. The molecule has 5 N–H and O–H groups in total. The number of aromatic hydroxyl groups is 3. The molecule has 0 aliphatic carbocycles. The maximum Gasteiger partial charge on any atom is 0 e. The number of carbonyl (C=O) groups is 4. The summed E-state index contributed by atoms with van der Waals surface area (Å²) in [7, 11) is 0. The molecule has 0 saturated heterocycles. The number of hydrogen-bond acceptors (Lipinski definition) is 14. The van der Waals surface area contributed by atoms with E-state index in [1.54, 1.807) is 64.1 Å². The van der Waals surface area contributed by atoms with Crippen LogP contribution < -0.4 is 4.74 Å². The Morgan fingerprint density at radius 1 is 0.734 bits per heavy atom. The van der Waals surface area contributed by atoms with E-state index in [9.17, 15) is 24.3 Å². The van der Waals surface area contributed by atoms with Gasteiger partial charge in [0.25, 0.3) is 0 Å². The van der Waals surface area contributed by atoms with Gasteiger partial charge in [-0.3, -0.25) is 4.79 Å². The summed E-state index contributed by atoms with van der Waals surface area (Å²) in [5.74, 6) is 0.748. The summed E-state index contributed by atoms with van der Waals surface area (Å²) in [4.78, 5) is 52.8. The summed E-state index contributed by atoms with van der Waals surface area (Å²) in [5.41, 5.74) is 8.06. The van der Waals surface area contributed by atoms with Crippen LogP contribution in [-0.2, 0) is 19.1 Å². The van der Waals surface area contributed by atoms with Crippen molar-refractivity contribution in [3.63, 3.8) is 0 Å². The van der Waals surface area contributed by atoms with E-state index in [1.165, 1.54) is 13.0 Å². The minimum Gasteiger partial charge on any atom is 0 e. The van der Waals surface area contributed by atoms with Gasteiger partial charge in [-0.15, -0.1) is 11.6 Å². The Labute approximate surface area is 512 Å². The molecular formula is C57H71BBrClN4O11Se4. The Morgan fingerprint density at radius 2 is 1.18 bits per heavy atom. The predicted molar refractivity (Wildman–Crippen MR) is 324 cm³/mol. The van der Waals surface area contributed by atoms with Gasteiger partial charge in [0.2, 0.25) is 0 Å². The fourth-order valence-corrected chi connectivity index (χ4v) is 9.74. The number of aromatic carboxylic acids is 1. The first-order valence-corrected chi connectivity index (χ1v) is 29.5. The van der Waals surface area contributed by atoms with Crippen molar-refractivity contribution < 1.29 is 53.8 Å². The number of nitrogens with one attached hydrogen (secondary N) is 1. The number of esters is 2. The molecule has 22 heteroatoms. The van der Waals surface area contributed by atoms with E-state index in [0.29, 0.717) is 43.9 Å². The second-order valence-corrected chi connectivity index (χ2v) is 23.4. The number of nitriles is 1. The number of carbonyl (C=O) groups excluding carboxylic acids is 3. The second kappa shape index (κ2) is 40.3. The summed E-state index contributed by atoms with van der Waals surface area (Å²) >= 11 is 10.9. The number of phenolic OH excluding ortho intramolecular Hbond substituents is 3. The van der Waals surface area contributed by atoms with E-state index in [1.807, 2.05) is 64.1 Å². The minimum atomic E-state index is -1.14. The second-order valence-electron chi connectivity index (χ2n) is 17.3. The van der Waals surface area contributed by atoms with Crippen LogP contribution in [0.5, 0.6) is 23.0 Å². The molecule has 0 aliphatic rings. The van der Waals surface area contributed by atoms with E-state index in [-0.39, 0.29) is 97.5 Å². The first-order valence-electron chi connectivity index (χ1n) is 23.6. The van der Waals surface area contributed by atoms with E-state index < -0.39 is 17.3 Å². The normalized spacial score (nSPS) is 10.0. The molecule has 426 valence electrons. The zero-order valence-corrected chi connectivity index (χ0v) is 55.1. The average Bonchev–Trinajstić information content (AvgIpc) is 3.97. The molecule has 2 aromatic heterocycles. The number of aryl methyl sites for hydroxylation is 6. The minimum absolute atomic E-state index is 0. The van der Waals surface area contributed by atoms with Crippen LogP contribution in [0.1, 0.15) is 119 Å². The fourth-order valence-electron chi connectivity index (χ4n) is 5.52. The van der Waals surface area contributed by atoms with Crippen LogP contribution in [0.25, 0.3) is 20.3 Å². The molecule has 15 nitrogen and oxygen atoms in total. The molecule has 6 rings (SSSR count). The smallest absolute Gasteiger partial charge is 0 e. The van der Waals surface area contributed by atoms with Gasteiger partial charge in [0.05, 0.1) is 18.2 Å². The average molecular weight is 1430 g/mol. The van der Waals surface area contributed by atoms with Gasteiger partial charge < -0.3 is 9.84 Å². The van der Waals surface area contributed by atoms with Crippen molar-refractivity contribution in [2.24, 2.45) is 11.8 Å². The van der Waals surface area contributed by atoms with Gasteiger partial charge in [0.15, 0.2) is 11.2 Å². The van der Waals surface area contributed by atoms with Gasteiger partial charge in [0.1, 0.15) is 5.75 Å². The quantitative estimate of drug-likeness (QED) is 0.0237. The zero-order valence-electron chi connectivity index (χ0n) is 45.9. The van der Waals surface area contributed by atoms with E-state index in [4.69, 9.17) is 47.1 Å². The molecule has 0 bridgehead atoms. The maximum absolute atomic E-state index is 11.8. The Hall–Kier alpha value is -4.95. The topological polar surface area (TPSA) is 250 Å². The molecule has 6 aromatic rings. The largest absolute Gasteiger partial charge is 0 e. The predicted octanol–water partition coefficient (Wildman–Crippen LogP) is 10.9. The number of ketones is 1. The molecule has 1 unspecified atom stereocenters. The van der Waals surface area contributed by atoms with Gasteiger partial charge in [0, 0.05) is 30.8 Å². The summed E-state index contributed by atoms with van der Waals surface area (Å²) in [6.07, 6.45) is 0. The van der Waals surface area contributed by atoms with E-state index >= 15 is 0 Å². The molecule has 2 heterocycles. The number of carboxylic acids is 1. The number of phenols is 3. The molecule has 0 saturated carbocycles. The number of rotatable bonds is 13. The van der Waals surface area contributed by atoms with E-state index in [2.05, 4.69) is 74.3 Å². The first-order chi connectivity index (χ1) is 35.6. The van der Waals surface area contributed by atoms with Crippen molar-refractivity contribution in [1.82, 2.24) is 9.97 Å². The van der Waals surface area contributed by atoms with Crippen LogP contribution >= 0.6 is 27.5 Å². The summed E-state index contributed by atoms with van der Waals surface area (Å²) in [6.45, 7) is 25.6. The van der Waals surface area contributed by atoms with Crippen LogP contribution in [0, 0.1) is 70.1 Å². The number of aromatic nitrogens is 2. The molecule has 4 aromatic carbocycles. The van der Waals surface area contributed by atoms with Crippen LogP contribution in [0.15, 0.2) is 72.8 Å². The third-order valence-electron chi connectivity index (χ3n) is 9.63. The molecule has 1 atom stereocenters. The Morgan fingerprint density at radius 3 is 1.57 bits per heavy atom. The molecule has 0 spiro atoms. The third-order valence-corrected chi connectivity index (χ3v) is 16.9. The Kier molecular flexibility index (Phi) is 39.9. The van der Waals surface area contributed by atoms with Gasteiger partial charge in [-0.2, -0.15) is 5.26 Å². The summed E-state index contributed by atoms with van der Waals surface area (Å²) < 4.78 is 18.5. The fraction of sp³-hybridized carbons (Fsp3) is 0.368. The van der Waals surface area contributed by atoms with Gasteiger partial charge in [-0.05, 0) is 50.5 Å². The molecule has 0 fully saturated rings. The van der Waals surface area contributed by atoms with Crippen molar-refractivity contribution >= 4 is 126 Å². The van der Waals surface area contributed by atoms with Gasteiger partial charge >= 0.3 is 326 Å². The van der Waals surface area contributed by atoms with Crippen LogP contribution in [-0.4, -0.2) is 160 Å². The first kappa shape index (κ1) is 78.3. The number of halogens is 2. The van der Waals surface area contributed by atoms with Crippen LogP contribution in [0.2, 0.25) is 0 Å². The number of carboxylic acid groups (broad SMARTS) is 1.